The van der Waals surface area contributed by atoms with Crippen LogP contribution in [0.3, 0.4) is 0 Å². The van der Waals surface area contributed by atoms with Gasteiger partial charge in [0.25, 0.3) is 10.0 Å². The number of sulfonamides is 1. The first-order valence-electron chi connectivity index (χ1n) is 6.36. The lowest BCUT2D eigenvalue weighted by Gasteiger charge is -2.23. The van der Waals surface area contributed by atoms with Gasteiger partial charge in [-0.2, -0.15) is 13.2 Å². The SMILES string of the molecule is Cc1ccc(S(=O)(=O)N(C)c2ccccc2C(F)(F)F)cc1. The molecule has 2 rings (SSSR count). The molecule has 0 spiro atoms. The van der Waals surface area contributed by atoms with Gasteiger partial charge in [-0.3, -0.25) is 4.31 Å². The number of anilines is 1. The van der Waals surface area contributed by atoms with Crippen LogP contribution in [0.2, 0.25) is 0 Å². The second-order valence-electron chi connectivity index (χ2n) is 4.80. The van der Waals surface area contributed by atoms with Gasteiger partial charge in [0.15, 0.2) is 0 Å². The Kier molecular flexibility index (Phi) is 4.19. The van der Waals surface area contributed by atoms with E-state index in [0.717, 1.165) is 24.7 Å². The van der Waals surface area contributed by atoms with Crippen molar-refractivity contribution in [2.24, 2.45) is 0 Å². The summed E-state index contributed by atoms with van der Waals surface area (Å²) in [7, 11) is -2.95. The van der Waals surface area contributed by atoms with E-state index in [4.69, 9.17) is 0 Å². The van der Waals surface area contributed by atoms with E-state index in [1.54, 1.807) is 19.1 Å². The Hall–Kier alpha value is -2.02. The molecule has 0 amide bonds. The van der Waals surface area contributed by atoms with Crippen molar-refractivity contribution in [3.05, 3.63) is 59.7 Å². The van der Waals surface area contributed by atoms with Gasteiger partial charge in [0, 0.05) is 7.05 Å². The van der Waals surface area contributed by atoms with Gasteiger partial charge >= 0.3 is 6.18 Å². The topological polar surface area (TPSA) is 37.4 Å². The zero-order chi connectivity index (χ0) is 16.5. The number of aryl methyl sites for hydroxylation is 1. The van der Waals surface area contributed by atoms with Crippen LogP contribution in [0.15, 0.2) is 53.4 Å². The highest BCUT2D eigenvalue weighted by Crippen LogP contribution is 2.37. The lowest BCUT2D eigenvalue weighted by molar-refractivity contribution is -0.137. The van der Waals surface area contributed by atoms with Crippen LogP contribution in [-0.2, 0) is 16.2 Å². The standard InChI is InChI=1S/C15H14F3NO2S/c1-11-7-9-12(10-8-11)22(20,21)19(2)14-6-4-3-5-13(14)15(16,17)18/h3-10H,1-2H3. The molecule has 0 atom stereocenters. The molecule has 22 heavy (non-hydrogen) atoms. The number of hydrogen-bond donors (Lipinski definition) is 0. The maximum absolute atomic E-state index is 13.0. The number of hydrogen-bond acceptors (Lipinski definition) is 2. The fourth-order valence-electron chi connectivity index (χ4n) is 1.99. The van der Waals surface area contributed by atoms with Crippen LogP contribution in [-0.4, -0.2) is 15.5 Å². The largest absolute Gasteiger partial charge is 0.418 e. The molecule has 2 aromatic rings. The lowest BCUT2D eigenvalue weighted by Crippen LogP contribution is -2.28. The zero-order valence-electron chi connectivity index (χ0n) is 11.9. The number of alkyl halides is 3. The van der Waals surface area contributed by atoms with Crippen molar-refractivity contribution in [3.63, 3.8) is 0 Å². The van der Waals surface area contributed by atoms with Crippen LogP contribution < -0.4 is 4.31 Å². The molecule has 0 fully saturated rings. The molecule has 3 nitrogen and oxygen atoms in total. The molecular weight excluding hydrogens is 315 g/mol. The van der Waals surface area contributed by atoms with Crippen LogP contribution in [0.1, 0.15) is 11.1 Å². The molecule has 0 saturated carbocycles. The van der Waals surface area contributed by atoms with Gasteiger partial charge in [-0.25, -0.2) is 8.42 Å². The minimum absolute atomic E-state index is 0.0578. The third-order valence-electron chi connectivity index (χ3n) is 3.23. The van der Waals surface area contributed by atoms with Gasteiger partial charge in [-0.1, -0.05) is 29.8 Å². The Labute approximate surface area is 127 Å². The fraction of sp³-hybridized carbons (Fsp3) is 0.200. The van der Waals surface area contributed by atoms with Crippen molar-refractivity contribution < 1.29 is 21.6 Å². The van der Waals surface area contributed by atoms with Crippen molar-refractivity contribution in [1.82, 2.24) is 0 Å². The van der Waals surface area contributed by atoms with Gasteiger partial charge in [0.1, 0.15) is 0 Å². The number of benzene rings is 2. The predicted molar refractivity (Wildman–Crippen MR) is 78.2 cm³/mol. The summed E-state index contributed by atoms with van der Waals surface area (Å²) in [6, 6.07) is 10.5. The molecule has 2 aromatic carbocycles. The Bertz CT molecular complexity index is 768. The first kappa shape index (κ1) is 16.4. The Balaban J connectivity index is 2.52. The quantitative estimate of drug-likeness (QED) is 0.858. The molecule has 0 aromatic heterocycles. The summed E-state index contributed by atoms with van der Waals surface area (Å²) in [5, 5.41) is 0. The van der Waals surface area contributed by atoms with Crippen molar-refractivity contribution in [2.45, 2.75) is 18.0 Å². The van der Waals surface area contributed by atoms with Gasteiger partial charge in [0.05, 0.1) is 16.1 Å². The first-order valence-corrected chi connectivity index (χ1v) is 7.80. The maximum Gasteiger partial charge on any atom is 0.418 e. The van der Waals surface area contributed by atoms with E-state index in [9.17, 15) is 21.6 Å². The zero-order valence-corrected chi connectivity index (χ0v) is 12.7. The Morgan fingerprint density at radius 2 is 1.50 bits per heavy atom. The lowest BCUT2D eigenvalue weighted by atomic mass is 10.2. The van der Waals surface area contributed by atoms with E-state index in [-0.39, 0.29) is 4.90 Å². The minimum Gasteiger partial charge on any atom is -0.269 e. The second kappa shape index (κ2) is 5.64. The predicted octanol–water partition coefficient (Wildman–Crippen LogP) is 3.84. The Morgan fingerprint density at radius 1 is 0.955 bits per heavy atom. The molecule has 0 radical (unpaired) electrons. The van der Waals surface area contributed by atoms with E-state index in [2.05, 4.69) is 0 Å². The fourth-order valence-corrected chi connectivity index (χ4v) is 3.20. The highest BCUT2D eigenvalue weighted by Gasteiger charge is 2.36. The molecule has 0 aliphatic rings. The molecule has 118 valence electrons. The van der Waals surface area contributed by atoms with Crippen LogP contribution in [0.5, 0.6) is 0 Å². The molecular formula is C15H14F3NO2S. The molecule has 0 N–H and O–H groups in total. The number of para-hydroxylation sites is 1. The summed E-state index contributed by atoms with van der Waals surface area (Å²) in [5.74, 6) is 0. The summed E-state index contributed by atoms with van der Waals surface area (Å²) in [5.41, 5.74) is -0.541. The van der Waals surface area contributed by atoms with E-state index < -0.39 is 27.5 Å². The van der Waals surface area contributed by atoms with Crippen LogP contribution >= 0.6 is 0 Å². The van der Waals surface area contributed by atoms with Crippen molar-refractivity contribution >= 4 is 15.7 Å². The molecule has 0 saturated heterocycles. The summed E-state index contributed by atoms with van der Waals surface area (Å²) in [6.45, 7) is 1.79. The second-order valence-corrected chi connectivity index (χ2v) is 6.77. The van der Waals surface area contributed by atoms with Gasteiger partial charge < -0.3 is 0 Å². The minimum atomic E-state index is -4.63. The van der Waals surface area contributed by atoms with Crippen molar-refractivity contribution in [1.29, 1.82) is 0 Å². The molecule has 0 aliphatic carbocycles. The number of rotatable bonds is 3. The summed E-state index contributed by atoms with van der Waals surface area (Å²) in [4.78, 5) is -0.0578. The molecule has 0 bridgehead atoms. The maximum atomic E-state index is 13.0. The normalized spacial score (nSPS) is 12.2. The third-order valence-corrected chi connectivity index (χ3v) is 5.01. The summed E-state index contributed by atoms with van der Waals surface area (Å²) in [6.07, 6.45) is -4.63. The highest BCUT2D eigenvalue weighted by atomic mass is 32.2. The van der Waals surface area contributed by atoms with Crippen LogP contribution in [0.4, 0.5) is 18.9 Å². The third kappa shape index (κ3) is 3.09. The Morgan fingerprint density at radius 3 is 2.05 bits per heavy atom. The van der Waals surface area contributed by atoms with Gasteiger partial charge in [0.2, 0.25) is 0 Å². The van der Waals surface area contributed by atoms with E-state index in [0.29, 0.717) is 4.31 Å². The van der Waals surface area contributed by atoms with E-state index in [1.807, 2.05) is 0 Å². The average molecular weight is 329 g/mol. The average Bonchev–Trinajstić information content (AvgIpc) is 2.46. The van der Waals surface area contributed by atoms with Gasteiger partial charge in [-0.15, -0.1) is 0 Å². The van der Waals surface area contributed by atoms with Crippen LogP contribution in [0, 0.1) is 6.92 Å². The number of nitrogens with zero attached hydrogens (tertiary/aromatic N) is 1. The van der Waals surface area contributed by atoms with Crippen molar-refractivity contribution in [2.75, 3.05) is 11.4 Å². The van der Waals surface area contributed by atoms with Gasteiger partial charge in [-0.05, 0) is 31.2 Å². The first-order chi connectivity index (χ1) is 10.1. The molecule has 0 aliphatic heterocycles. The molecule has 0 unspecified atom stereocenters. The van der Waals surface area contributed by atoms with Crippen LogP contribution in [0.25, 0.3) is 0 Å². The number of halogens is 3. The molecule has 0 heterocycles. The monoisotopic (exact) mass is 329 g/mol. The molecule has 7 heteroatoms. The highest BCUT2D eigenvalue weighted by molar-refractivity contribution is 7.92. The van der Waals surface area contributed by atoms with E-state index >= 15 is 0 Å². The summed E-state index contributed by atoms with van der Waals surface area (Å²) >= 11 is 0. The van der Waals surface area contributed by atoms with Crippen molar-refractivity contribution in [3.8, 4) is 0 Å². The summed E-state index contributed by atoms with van der Waals surface area (Å²) < 4.78 is 64.7. The smallest absolute Gasteiger partial charge is 0.269 e. The van der Waals surface area contributed by atoms with E-state index in [1.165, 1.54) is 24.3 Å².